The van der Waals surface area contributed by atoms with Crippen molar-refractivity contribution in [1.82, 2.24) is 40.1 Å². The number of guanidine groups is 1. The summed E-state index contributed by atoms with van der Waals surface area (Å²) in [5.41, 5.74) is 1.07. The molecule has 156 valence electrons. The molecule has 0 radical (unpaired) electrons. The average Bonchev–Trinajstić information content (AvgIpc) is 3.37. The van der Waals surface area contributed by atoms with Crippen LogP contribution in [0.3, 0.4) is 0 Å². The van der Waals surface area contributed by atoms with Crippen LogP contribution >= 0.6 is 24.0 Å². The SMILES string of the molecule is CCN1CCCC1CNC(=NCc1ccnn1C)NCc1nnc(C)n1C.I. The van der Waals surface area contributed by atoms with Crippen molar-refractivity contribution in [2.45, 2.75) is 45.8 Å². The molecule has 1 fully saturated rings. The number of aryl methyl sites for hydroxylation is 2. The van der Waals surface area contributed by atoms with Gasteiger partial charge in [0.15, 0.2) is 11.8 Å². The monoisotopic (exact) mass is 501 g/mol. The van der Waals surface area contributed by atoms with Gasteiger partial charge in [0, 0.05) is 32.9 Å². The van der Waals surface area contributed by atoms with Crippen molar-refractivity contribution in [3.8, 4) is 0 Å². The second-order valence-corrected chi connectivity index (χ2v) is 6.99. The van der Waals surface area contributed by atoms with E-state index in [1.807, 2.05) is 36.3 Å². The zero-order valence-corrected chi connectivity index (χ0v) is 19.6. The van der Waals surface area contributed by atoms with Crippen LogP contribution < -0.4 is 10.6 Å². The van der Waals surface area contributed by atoms with Gasteiger partial charge < -0.3 is 15.2 Å². The van der Waals surface area contributed by atoms with Crippen molar-refractivity contribution >= 4 is 29.9 Å². The summed E-state index contributed by atoms with van der Waals surface area (Å²) in [6, 6.07) is 2.55. The maximum Gasteiger partial charge on any atom is 0.192 e. The summed E-state index contributed by atoms with van der Waals surface area (Å²) in [4.78, 5) is 7.27. The van der Waals surface area contributed by atoms with E-state index in [9.17, 15) is 0 Å². The van der Waals surface area contributed by atoms with Gasteiger partial charge in [-0.25, -0.2) is 4.99 Å². The number of likely N-dealkylation sites (tertiary alicyclic amines) is 1. The van der Waals surface area contributed by atoms with Gasteiger partial charge in [-0.05, 0) is 38.9 Å². The molecule has 10 heteroatoms. The lowest BCUT2D eigenvalue weighted by Gasteiger charge is -2.24. The molecule has 1 unspecified atom stereocenters. The van der Waals surface area contributed by atoms with E-state index in [1.165, 1.54) is 19.4 Å². The molecule has 1 atom stereocenters. The van der Waals surface area contributed by atoms with Gasteiger partial charge in [0.2, 0.25) is 0 Å². The highest BCUT2D eigenvalue weighted by Crippen LogP contribution is 2.15. The lowest BCUT2D eigenvalue weighted by atomic mass is 10.2. The lowest BCUT2D eigenvalue weighted by Crippen LogP contribution is -2.45. The van der Waals surface area contributed by atoms with Gasteiger partial charge in [-0.3, -0.25) is 9.58 Å². The zero-order valence-electron chi connectivity index (χ0n) is 17.2. The first-order valence-corrected chi connectivity index (χ1v) is 9.66. The predicted molar refractivity (Wildman–Crippen MR) is 121 cm³/mol. The number of likely N-dealkylation sites (N-methyl/N-ethyl adjacent to an activating group) is 1. The van der Waals surface area contributed by atoms with Gasteiger partial charge in [0.25, 0.3) is 0 Å². The van der Waals surface area contributed by atoms with Gasteiger partial charge in [-0.15, -0.1) is 34.2 Å². The highest BCUT2D eigenvalue weighted by atomic mass is 127. The number of hydrogen-bond acceptors (Lipinski definition) is 5. The topological polar surface area (TPSA) is 88.2 Å². The third-order valence-corrected chi connectivity index (χ3v) is 5.33. The van der Waals surface area contributed by atoms with Crippen molar-refractivity contribution in [1.29, 1.82) is 0 Å². The molecule has 1 aliphatic rings. The third-order valence-electron chi connectivity index (χ3n) is 5.33. The van der Waals surface area contributed by atoms with Crippen LogP contribution in [0, 0.1) is 6.92 Å². The lowest BCUT2D eigenvalue weighted by molar-refractivity contribution is 0.267. The number of rotatable bonds is 7. The van der Waals surface area contributed by atoms with Crippen LogP contribution in [-0.4, -0.2) is 61.1 Å². The predicted octanol–water partition coefficient (Wildman–Crippen LogP) is 1.19. The van der Waals surface area contributed by atoms with E-state index >= 15 is 0 Å². The molecule has 2 aromatic heterocycles. The molecule has 1 saturated heterocycles. The van der Waals surface area contributed by atoms with Crippen LogP contribution in [0.5, 0.6) is 0 Å². The molecule has 3 rings (SSSR count). The minimum atomic E-state index is 0. The van der Waals surface area contributed by atoms with Crippen LogP contribution in [0.25, 0.3) is 0 Å². The third kappa shape index (κ3) is 5.66. The van der Waals surface area contributed by atoms with E-state index < -0.39 is 0 Å². The Kier molecular flexibility index (Phi) is 8.67. The minimum Gasteiger partial charge on any atom is -0.355 e. The molecule has 2 N–H and O–H groups in total. The second kappa shape index (κ2) is 10.7. The van der Waals surface area contributed by atoms with Crippen molar-refractivity contribution in [3.05, 3.63) is 29.6 Å². The molecule has 1 aliphatic heterocycles. The summed E-state index contributed by atoms with van der Waals surface area (Å²) >= 11 is 0. The molecule has 9 nitrogen and oxygen atoms in total. The average molecular weight is 501 g/mol. The van der Waals surface area contributed by atoms with Crippen molar-refractivity contribution in [3.63, 3.8) is 0 Å². The fourth-order valence-corrected chi connectivity index (χ4v) is 3.42. The normalized spacial score (nSPS) is 17.6. The molecular formula is C18H32IN9. The molecular weight excluding hydrogens is 469 g/mol. The fourth-order valence-electron chi connectivity index (χ4n) is 3.42. The Balaban J connectivity index is 0.00000280. The minimum absolute atomic E-state index is 0. The van der Waals surface area contributed by atoms with Crippen LogP contribution in [0.15, 0.2) is 17.3 Å². The maximum absolute atomic E-state index is 4.75. The van der Waals surface area contributed by atoms with Crippen LogP contribution in [-0.2, 0) is 27.2 Å². The highest BCUT2D eigenvalue weighted by Gasteiger charge is 2.22. The van der Waals surface area contributed by atoms with E-state index in [-0.39, 0.29) is 24.0 Å². The van der Waals surface area contributed by atoms with Gasteiger partial charge >= 0.3 is 0 Å². The highest BCUT2D eigenvalue weighted by molar-refractivity contribution is 14.0. The molecule has 0 spiro atoms. The van der Waals surface area contributed by atoms with Crippen LogP contribution in [0.2, 0.25) is 0 Å². The van der Waals surface area contributed by atoms with E-state index in [4.69, 9.17) is 4.99 Å². The van der Waals surface area contributed by atoms with E-state index in [1.54, 1.807) is 6.20 Å². The van der Waals surface area contributed by atoms with E-state index in [0.29, 0.717) is 19.1 Å². The van der Waals surface area contributed by atoms with Crippen LogP contribution in [0.4, 0.5) is 0 Å². The summed E-state index contributed by atoms with van der Waals surface area (Å²) in [7, 11) is 3.91. The Hall–Kier alpha value is -1.69. The number of nitrogens with zero attached hydrogens (tertiary/aromatic N) is 7. The quantitative estimate of drug-likeness (QED) is 0.337. The molecule has 0 saturated carbocycles. The second-order valence-electron chi connectivity index (χ2n) is 6.99. The Bertz CT molecular complexity index is 767. The largest absolute Gasteiger partial charge is 0.355 e. The summed E-state index contributed by atoms with van der Waals surface area (Å²) in [5.74, 6) is 2.58. The summed E-state index contributed by atoms with van der Waals surface area (Å²) in [6.07, 6.45) is 4.30. The molecule has 0 amide bonds. The van der Waals surface area contributed by atoms with Gasteiger partial charge in [-0.2, -0.15) is 5.10 Å². The first-order chi connectivity index (χ1) is 13.1. The number of aromatic nitrogens is 5. The first-order valence-electron chi connectivity index (χ1n) is 9.66. The van der Waals surface area contributed by atoms with Gasteiger partial charge in [0.1, 0.15) is 5.82 Å². The Morgan fingerprint density at radius 2 is 2.11 bits per heavy atom. The first kappa shape index (κ1) is 22.6. The smallest absolute Gasteiger partial charge is 0.192 e. The van der Waals surface area contributed by atoms with E-state index in [2.05, 4.69) is 37.8 Å². The number of hydrogen-bond donors (Lipinski definition) is 2. The molecule has 0 bridgehead atoms. The molecule has 3 heterocycles. The fraction of sp³-hybridized carbons (Fsp3) is 0.667. The van der Waals surface area contributed by atoms with Crippen LogP contribution in [0.1, 0.15) is 37.1 Å². The molecule has 28 heavy (non-hydrogen) atoms. The van der Waals surface area contributed by atoms with Crippen molar-refractivity contribution in [2.24, 2.45) is 19.1 Å². The summed E-state index contributed by atoms with van der Waals surface area (Å²) in [5, 5.41) is 19.5. The van der Waals surface area contributed by atoms with Crippen molar-refractivity contribution < 1.29 is 0 Å². The molecule has 2 aromatic rings. The summed E-state index contributed by atoms with van der Waals surface area (Å²) in [6.45, 7) is 8.51. The Labute approximate surface area is 184 Å². The van der Waals surface area contributed by atoms with Gasteiger partial charge in [-0.1, -0.05) is 6.92 Å². The molecule has 0 aromatic carbocycles. The summed E-state index contributed by atoms with van der Waals surface area (Å²) < 4.78 is 3.84. The van der Waals surface area contributed by atoms with E-state index in [0.717, 1.165) is 36.4 Å². The van der Waals surface area contributed by atoms with Gasteiger partial charge in [0.05, 0.1) is 18.8 Å². The Morgan fingerprint density at radius 3 is 2.75 bits per heavy atom. The number of halogens is 1. The number of aliphatic imine (C=N–C) groups is 1. The maximum atomic E-state index is 4.75. The van der Waals surface area contributed by atoms with Crippen molar-refractivity contribution in [2.75, 3.05) is 19.6 Å². The standard InChI is InChI=1S/C18H31N9.HI/c1-5-27-10-6-7-16(27)12-20-18(19-11-15-8-9-22-26(15)4)21-13-17-24-23-14(2)25(17)3;/h8-9,16H,5-7,10-13H2,1-4H3,(H2,19,20,21);1H. The Morgan fingerprint density at radius 1 is 1.29 bits per heavy atom. The zero-order chi connectivity index (χ0) is 19.2. The number of nitrogens with one attached hydrogen (secondary N) is 2. The molecule has 0 aliphatic carbocycles.